The molecular formula is C20H24N6S. The van der Waals surface area contributed by atoms with Crippen LogP contribution < -0.4 is 11.1 Å². The van der Waals surface area contributed by atoms with Crippen LogP contribution in [-0.2, 0) is 0 Å². The van der Waals surface area contributed by atoms with Gasteiger partial charge in [0.15, 0.2) is 5.65 Å². The van der Waals surface area contributed by atoms with E-state index in [0.29, 0.717) is 23.5 Å². The van der Waals surface area contributed by atoms with E-state index in [1.165, 1.54) is 4.90 Å². The van der Waals surface area contributed by atoms with Crippen LogP contribution in [0.15, 0.2) is 41.3 Å². The number of thioether (sulfide) groups is 1. The van der Waals surface area contributed by atoms with Gasteiger partial charge in [0.25, 0.3) is 0 Å². The van der Waals surface area contributed by atoms with E-state index in [1.54, 1.807) is 11.8 Å². The Morgan fingerprint density at radius 2 is 1.78 bits per heavy atom. The minimum atomic E-state index is 0.375. The van der Waals surface area contributed by atoms with Crippen LogP contribution in [0, 0.1) is 0 Å². The van der Waals surface area contributed by atoms with E-state index in [4.69, 9.17) is 10.7 Å². The number of nitrogen functional groups attached to an aromatic ring is 1. The fourth-order valence-electron chi connectivity index (χ4n) is 3.36. The van der Waals surface area contributed by atoms with Crippen LogP contribution >= 0.6 is 11.8 Å². The molecule has 3 heterocycles. The number of anilines is 2. The number of aromatic nitrogens is 3. The molecule has 27 heavy (non-hydrogen) atoms. The van der Waals surface area contributed by atoms with Crippen molar-refractivity contribution in [1.29, 1.82) is 0 Å². The molecule has 6 nitrogen and oxygen atoms in total. The van der Waals surface area contributed by atoms with Crippen molar-refractivity contribution < 1.29 is 0 Å². The molecule has 1 fully saturated rings. The zero-order valence-corrected chi connectivity index (χ0v) is 16.5. The molecule has 7 heteroatoms. The largest absolute Gasteiger partial charge is 0.383 e. The van der Waals surface area contributed by atoms with Crippen LogP contribution in [0.2, 0.25) is 0 Å². The second-order valence-electron chi connectivity index (χ2n) is 6.95. The van der Waals surface area contributed by atoms with E-state index in [2.05, 4.69) is 57.8 Å². The molecule has 0 saturated carbocycles. The molecule has 3 aromatic rings. The van der Waals surface area contributed by atoms with Gasteiger partial charge >= 0.3 is 0 Å². The van der Waals surface area contributed by atoms with E-state index in [0.717, 1.165) is 42.6 Å². The summed E-state index contributed by atoms with van der Waals surface area (Å²) in [5.74, 6) is 1.03. The Hall–Kier alpha value is -2.38. The van der Waals surface area contributed by atoms with Gasteiger partial charge < -0.3 is 16.0 Å². The van der Waals surface area contributed by atoms with Crippen LogP contribution in [0.25, 0.3) is 22.3 Å². The van der Waals surface area contributed by atoms with Crippen molar-refractivity contribution in [1.82, 2.24) is 19.9 Å². The van der Waals surface area contributed by atoms with Crippen molar-refractivity contribution in [3.8, 4) is 11.3 Å². The molecule has 0 atom stereocenters. The Bertz CT molecular complexity index is 935. The van der Waals surface area contributed by atoms with Crippen LogP contribution in [-0.4, -0.2) is 52.3 Å². The van der Waals surface area contributed by atoms with Crippen molar-refractivity contribution in [3.05, 3.63) is 36.4 Å². The number of nitrogens with one attached hydrogen (secondary N) is 1. The molecule has 4 rings (SSSR count). The van der Waals surface area contributed by atoms with E-state index < -0.39 is 0 Å². The van der Waals surface area contributed by atoms with Gasteiger partial charge in [0, 0.05) is 16.5 Å². The maximum absolute atomic E-state index is 6.17. The number of pyridine rings is 1. The highest BCUT2D eigenvalue weighted by Gasteiger charge is 2.18. The number of likely N-dealkylation sites (tertiary alicyclic amines) is 1. The van der Waals surface area contributed by atoms with Crippen LogP contribution in [0.5, 0.6) is 0 Å². The summed E-state index contributed by atoms with van der Waals surface area (Å²) in [5.41, 5.74) is 8.75. The molecule has 1 aliphatic rings. The second-order valence-corrected chi connectivity index (χ2v) is 7.83. The third-order valence-corrected chi connectivity index (χ3v) is 5.77. The minimum Gasteiger partial charge on any atom is -0.383 e. The molecule has 1 saturated heterocycles. The molecule has 3 N–H and O–H groups in total. The third-order valence-electron chi connectivity index (χ3n) is 5.03. The molecule has 0 bridgehead atoms. The van der Waals surface area contributed by atoms with Gasteiger partial charge in [-0.25, -0.2) is 4.98 Å². The average molecular weight is 381 g/mol. The van der Waals surface area contributed by atoms with Gasteiger partial charge in [0.1, 0.15) is 5.82 Å². The van der Waals surface area contributed by atoms with Crippen molar-refractivity contribution >= 4 is 34.6 Å². The SMILES string of the molecule is CSc1ccc(-c2ccc3c(N)nc(NC4CCN(C)CC4)nc3n2)cc1. The normalized spacial score (nSPS) is 15.9. The molecular weight excluding hydrogens is 356 g/mol. The smallest absolute Gasteiger partial charge is 0.226 e. The predicted octanol–water partition coefficient (Wildman–Crippen LogP) is 3.50. The quantitative estimate of drug-likeness (QED) is 0.671. The lowest BCUT2D eigenvalue weighted by Crippen LogP contribution is -2.37. The summed E-state index contributed by atoms with van der Waals surface area (Å²) in [4.78, 5) is 17.4. The summed E-state index contributed by atoms with van der Waals surface area (Å²) in [5, 5.41) is 4.22. The fraction of sp³-hybridized carbons (Fsp3) is 0.350. The van der Waals surface area contributed by atoms with Crippen molar-refractivity contribution in [2.24, 2.45) is 0 Å². The number of hydrogen-bond donors (Lipinski definition) is 2. The molecule has 2 aromatic heterocycles. The minimum absolute atomic E-state index is 0.375. The van der Waals surface area contributed by atoms with Gasteiger partial charge in [-0.05, 0) is 63.5 Å². The number of benzene rings is 1. The maximum atomic E-state index is 6.17. The molecule has 0 aliphatic carbocycles. The lowest BCUT2D eigenvalue weighted by atomic mass is 10.1. The molecule has 1 aliphatic heterocycles. The summed E-state index contributed by atoms with van der Waals surface area (Å²) in [6.45, 7) is 2.16. The van der Waals surface area contributed by atoms with E-state index >= 15 is 0 Å². The maximum Gasteiger partial charge on any atom is 0.226 e. The number of nitrogens with zero attached hydrogens (tertiary/aromatic N) is 4. The van der Waals surface area contributed by atoms with Gasteiger partial charge in [0.05, 0.1) is 11.1 Å². The Morgan fingerprint density at radius 1 is 1.04 bits per heavy atom. The summed E-state index contributed by atoms with van der Waals surface area (Å²) in [6, 6.07) is 12.7. The first-order chi connectivity index (χ1) is 13.1. The number of rotatable bonds is 4. The summed E-state index contributed by atoms with van der Waals surface area (Å²) < 4.78 is 0. The predicted molar refractivity (Wildman–Crippen MR) is 113 cm³/mol. The Kier molecular flexibility index (Phi) is 5.13. The molecule has 0 unspecified atom stereocenters. The first kappa shape index (κ1) is 18.0. The highest BCUT2D eigenvalue weighted by atomic mass is 32.2. The fourth-order valence-corrected chi connectivity index (χ4v) is 3.76. The Morgan fingerprint density at radius 3 is 2.48 bits per heavy atom. The van der Waals surface area contributed by atoms with Crippen LogP contribution in [0.4, 0.5) is 11.8 Å². The first-order valence-electron chi connectivity index (χ1n) is 9.16. The summed E-state index contributed by atoms with van der Waals surface area (Å²) >= 11 is 1.73. The number of fused-ring (bicyclic) bond motifs is 1. The highest BCUT2D eigenvalue weighted by molar-refractivity contribution is 7.98. The van der Waals surface area contributed by atoms with Crippen LogP contribution in [0.1, 0.15) is 12.8 Å². The number of hydrogen-bond acceptors (Lipinski definition) is 7. The lowest BCUT2D eigenvalue weighted by molar-refractivity contribution is 0.263. The Balaban J connectivity index is 1.63. The third kappa shape index (κ3) is 3.99. The van der Waals surface area contributed by atoms with E-state index in [9.17, 15) is 0 Å². The van der Waals surface area contributed by atoms with Gasteiger partial charge in [-0.1, -0.05) is 12.1 Å². The van der Waals surface area contributed by atoms with Gasteiger partial charge in [-0.2, -0.15) is 9.97 Å². The Labute approximate surface area is 163 Å². The molecule has 1 aromatic carbocycles. The zero-order valence-electron chi connectivity index (χ0n) is 15.6. The topological polar surface area (TPSA) is 80.0 Å². The highest BCUT2D eigenvalue weighted by Crippen LogP contribution is 2.26. The van der Waals surface area contributed by atoms with Gasteiger partial charge in [-0.15, -0.1) is 11.8 Å². The summed E-state index contributed by atoms with van der Waals surface area (Å²) in [7, 11) is 2.15. The molecule has 0 amide bonds. The number of nitrogens with two attached hydrogens (primary N) is 1. The first-order valence-corrected chi connectivity index (χ1v) is 10.4. The van der Waals surface area contributed by atoms with E-state index in [-0.39, 0.29) is 0 Å². The second kappa shape index (κ2) is 7.70. The zero-order chi connectivity index (χ0) is 18.8. The standard InChI is InChI=1S/C20H24N6S/c1-26-11-9-14(10-12-26)22-20-24-18(21)16-7-8-17(23-19(16)25-20)13-3-5-15(27-2)6-4-13/h3-8,14H,9-12H2,1-2H3,(H3,21,22,23,24,25). The monoisotopic (exact) mass is 380 g/mol. The summed E-state index contributed by atoms with van der Waals surface area (Å²) in [6.07, 6.45) is 4.22. The average Bonchev–Trinajstić information content (AvgIpc) is 2.69. The number of piperidine rings is 1. The van der Waals surface area contributed by atoms with Gasteiger partial charge in [-0.3, -0.25) is 0 Å². The van der Waals surface area contributed by atoms with E-state index in [1.807, 2.05) is 12.1 Å². The van der Waals surface area contributed by atoms with Crippen molar-refractivity contribution in [2.75, 3.05) is 37.4 Å². The molecule has 0 spiro atoms. The van der Waals surface area contributed by atoms with Gasteiger partial charge in [0.2, 0.25) is 5.95 Å². The molecule has 140 valence electrons. The van der Waals surface area contributed by atoms with Crippen molar-refractivity contribution in [2.45, 2.75) is 23.8 Å². The molecule has 0 radical (unpaired) electrons. The van der Waals surface area contributed by atoms with Crippen LogP contribution in [0.3, 0.4) is 0 Å². The van der Waals surface area contributed by atoms with Crippen molar-refractivity contribution in [3.63, 3.8) is 0 Å². The lowest BCUT2D eigenvalue weighted by Gasteiger charge is -2.29.